The van der Waals surface area contributed by atoms with E-state index in [2.05, 4.69) is 53.7 Å². The smallest absolute Gasteiger partial charge is 0.119 e. The Labute approximate surface area is 105 Å². The number of hydrogen-bond donors (Lipinski definition) is 0. The standard InChI is InChI=1S/C16H24O/c1-10-8-12(17-7)9-13-14(10)16(5,6)11(2)15(13,3)4/h8-9,11H,1-7H3. The van der Waals surface area contributed by atoms with Crippen molar-refractivity contribution in [2.75, 3.05) is 7.11 Å². The number of rotatable bonds is 1. The summed E-state index contributed by atoms with van der Waals surface area (Å²) in [5.74, 6) is 1.62. The minimum Gasteiger partial charge on any atom is -0.497 e. The molecule has 0 saturated heterocycles. The minimum absolute atomic E-state index is 0.220. The van der Waals surface area contributed by atoms with Crippen LogP contribution in [0.5, 0.6) is 5.75 Å². The van der Waals surface area contributed by atoms with Gasteiger partial charge in [-0.05, 0) is 52.5 Å². The second-order valence-corrected chi connectivity index (χ2v) is 6.53. The van der Waals surface area contributed by atoms with E-state index in [9.17, 15) is 0 Å². The Morgan fingerprint density at radius 2 is 1.65 bits per heavy atom. The Bertz CT molecular complexity index is 455. The van der Waals surface area contributed by atoms with Gasteiger partial charge in [0.15, 0.2) is 0 Å². The summed E-state index contributed by atoms with van der Waals surface area (Å²) in [6, 6.07) is 4.39. The van der Waals surface area contributed by atoms with Crippen LogP contribution in [0, 0.1) is 12.8 Å². The van der Waals surface area contributed by atoms with Crippen molar-refractivity contribution >= 4 is 0 Å². The van der Waals surface area contributed by atoms with Gasteiger partial charge in [-0.3, -0.25) is 0 Å². The zero-order valence-electron chi connectivity index (χ0n) is 12.1. The van der Waals surface area contributed by atoms with E-state index in [4.69, 9.17) is 4.74 Å². The number of hydrogen-bond acceptors (Lipinski definition) is 1. The lowest BCUT2D eigenvalue weighted by Gasteiger charge is -2.33. The van der Waals surface area contributed by atoms with E-state index < -0.39 is 0 Å². The Morgan fingerprint density at radius 3 is 2.18 bits per heavy atom. The fraction of sp³-hybridized carbons (Fsp3) is 0.625. The molecule has 2 rings (SSSR count). The fourth-order valence-corrected chi connectivity index (χ4v) is 3.59. The van der Waals surface area contributed by atoms with Gasteiger partial charge < -0.3 is 4.74 Å². The van der Waals surface area contributed by atoms with Crippen LogP contribution in [0.4, 0.5) is 0 Å². The molecule has 0 radical (unpaired) electrons. The SMILES string of the molecule is COc1cc(C)c2c(c1)C(C)(C)C(C)C2(C)C. The molecule has 1 nitrogen and oxygen atoms in total. The molecule has 1 atom stereocenters. The average molecular weight is 232 g/mol. The summed E-state index contributed by atoms with van der Waals surface area (Å²) in [7, 11) is 1.75. The minimum atomic E-state index is 0.220. The van der Waals surface area contributed by atoms with Crippen LogP contribution in [0.2, 0.25) is 0 Å². The fourth-order valence-electron chi connectivity index (χ4n) is 3.59. The highest BCUT2D eigenvalue weighted by atomic mass is 16.5. The van der Waals surface area contributed by atoms with E-state index in [1.165, 1.54) is 16.7 Å². The number of ether oxygens (including phenoxy) is 1. The topological polar surface area (TPSA) is 9.23 Å². The molecule has 1 aromatic carbocycles. The molecule has 0 fully saturated rings. The molecule has 0 spiro atoms. The summed E-state index contributed by atoms with van der Waals surface area (Å²) in [5.41, 5.74) is 4.82. The molecule has 0 bridgehead atoms. The second-order valence-electron chi connectivity index (χ2n) is 6.53. The zero-order valence-corrected chi connectivity index (χ0v) is 12.1. The molecule has 1 aliphatic carbocycles. The first-order chi connectivity index (χ1) is 7.72. The van der Waals surface area contributed by atoms with E-state index in [0.29, 0.717) is 5.92 Å². The van der Waals surface area contributed by atoms with E-state index in [-0.39, 0.29) is 10.8 Å². The maximum atomic E-state index is 5.42. The Morgan fingerprint density at radius 1 is 1.06 bits per heavy atom. The Hall–Kier alpha value is -0.980. The first-order valence-corrected chi connectivity index (χ1v) is 6.42. The summed E-state index contributed by atoms with van der Waals surface area (Å²) in [6.45, 7) is 14.0. The molecule has 0 heterocycles. The Kier molecular flexibility index (Phi) is 2.57. The summed E-state index contributed by atoms with van der Waals surface area (Å²) in [6.07, 6.45) is 0. The van der Waals surface area contributed by atoms with Gasteiger partial charge in [0.2, 0.25) is 0 Å². The van der Waals surface area contributed by atoms with Crippen LogP contribution in [-0.2, 0) is 10.8 Å². The van der Waals surface area contributed by atoms with Gasteiger partial charge in [0, 0.05) is 0 Å². The summed E-state index contributed by atoms with van der Waals surface area (Å²) < 4.78 is 5.42. The van der Waals surface area contributed by atoms with E-state index in [0.717, 1.165) is 5.75 Å². The van der Waals surface area contributed by atoms with Gasteiger partial charge in [-0.15, -0.1) is 0 Å². The lowest BCUT2D eigenvalue weighted by Crippen LogP contribution is -2.31. The highest BCUT2D eigenvalue weighted by molar-refractivity contribution is 5.53. The predicted molar refractivity (Wildman–Crippen MR) is 72.9 cm³/mol. The third kappa shape index (κ3) is 1.51. The molecule has 0 N–H and O–H groups in total. The van der Waals surface area contributed by atoms with Crippen molar-refractivity contribution in [3.63, 3.8) is 0 Å². The molecule has 17 heavy (non-hydrogen) atoms. The second kappa shape index (κ2) is 3.51. The molecule has 0 aliphatic heterocycles. The van der Waals surface area contributed by atoms with Gasteiger partial charge in [-0.25, -0.2) is 0 Å². The van der Waals surface area contributed by atoms with Crippen LogP contribution < -0.4 is 4.74 Å². The van der Waals surface area contributed by atoms with E-state index in [1.54, 1.807) is 7.11 Å². The molecule has 0 amide bonds. The monoisotopic (exact) mass is 232 g/mol. The van der Waals surface area contributed by atoms with Crippen molar-refractivity contribution in [2.45, 2.75) is 52.4 Å². The first-order valence-electron chi connectivity index (χ1n) is 6.42. The third-order valence-electron chi connectivity index (χ3n) is 5.05. The quantitative estimate of drug-likeness (QED) is 0.705. The van der Waals surface area contributed by atoms with Gasteiger partial charge >= 0.3 is 0 Å². The van der Waals surface area contributed by atoms with Gasteiger partial charge in [0.05, 0.1) is 7.11 Å². The first kappa shape index (κ1) is 12.5. The number of fused-ring (bicyclic) bond motifs is 1. The molecular weight excluding hydrogens is 208 g/mol. The molecule has 0 aromatic heterocycles. The van der Waals surface area contributed by atoms with Gasteiger partial charge in [0.25, 0.3) is 0 Å². The summed E-state index contributed by atoms with van der Waals surface area (Å²) in [4.78, 5) is 0. The van der Waals surface area contributed by atoms with Crippen LogP contribution >= 0.6 is 0 Å². The Balaban J connectivity index is 2.76. The molecule has 1 unspecified atom stereocenters. The lowest BCUT2D eigenvalue weighted by molar-refractivity contribution is 0.263. The largest absolute Gasteiger partial charge is 0.497 e. The molecular formula is C16H24O. The van der Waals surface area contributed by atoms with Crippen LogP contribution in [0.1, 0.15) is 51.3 Å². The van der Waals surface area contributed by atoms with Crippen molar-refractivity contribution in [1.82, 2.24) is 0 Å². The highest BCUT2D eigenvalue weighted by Gasteiger charge is 2.49. The maximum absolute atomic E-state index is 5.42. The van der Waals surface area contributed by atoms with E-state index in [1.807, 2.05) is 0 Å². The van der Waals surface area contributed by atoms with Crippen LogP contribution in [0.25, 0.3) is 0 Å². The normalized spacial score (nSPS) is 24.5. The molecule has 1 aromatic rings. The molecule has 1 aliphatic rings. The zero-order chi connectivity index (χ0) is 13.0. The van der Waals surface area contributed by atoms with Crippen molar-refractivity contribution in [2.24, 2.45) is 5.92 Å². The van der Waals surface area contributed by atoms with Crippen molar-refractivity contribution in [3.8, 4) is 5.75 Å². The third-order valence-corrected chi connectivity index (χ3v) is 5.05. The summed E-state index contributed by atoms with van der Waals surface area (Å²) in [5, 5.41) is 0. The van der Waals surface area contributed by atoms with Crippen LogP contribution in [0.3, 0.4) is 0 Å². The van der Waals surface area contributed by atoms with Crippen LogP contribution in [0.15, 0.2) is 12.1 Å². The number of aryl methyl sites for hydroxylation is 1. The lowest BCUT2D eigenvalue weighted by atomic mass is 9.71. The molecule has 1 heteroatoms. The predicted octanol–water partition coefficient (Wildman–Crippen LogP) is 4.21. The maximum Gasteiger partial charge on any atom is 0.119 e. The highest BCUT2D eigenvalue weighted by Crippen LogP contribution is 2.55. The molecule has 0 saturated carbocycles. The van der Waals surface area contributed by atoms with Gasteiger partial charge in [-0.2, -0.15) is 0 Å². The number of methoxy groups -OCH3 is 1. The molecule has 94 valence electrons. The van der Waals surface area contributed by atoms with E-state index >= 15 is 0 Å². The van der Waals surface area contributed by atoms with Gasteiger partial charge in [-0.1, -0.05) is 34.6 Å². The average Bonchev–Trinajstić information content (AvgIpc) is 2.38. The van der Waals surface area contributed by atoms with Crippen LogP contribution in [-0.4, -0.2) is 7.11 Å². The van der Waals surface area contributed by atoms with Gasteiger partial charge in [0.1, 0.15) is 5.75 Å². The summed E-state index contributed by atoms with van der Waals surface area (Å²) >= 11 is 0. The van der Waals surface area contributed by atoms with Crippen molar-refractivity contribution < 1.29 is 4.74 Å². The van der Waals surface area contributed by atoms with Crippen molar-refractivity contribution in [3.05, 3.63) is 28.8 Å². The number of benzene rings is 1. The van der Waals surface area contributed by atoms with Crippen molar-refractivity contribution in [1.29, 1.82) is 0 Å².